The molecule has 0 fully saturated rings. The predicted molar refractivity (Wildman–Crippen MR) is 451 cm³/mol. The SMILES string of the molecule is CC/C=C\C/C=C\C/C=C\C/C=C\C/C=C\C/C=C\C/C=C\C/C=C\C/C=C\C/C=C\C/C=C\C/C=C\CCCCCCC(=O)OC(COC(=O)CCCCCCCCCCCCCCCC/C=C\C/C=C\C/C=C\C/C=C\C/C=C\C/C=C\C/C=C\C/C=C\CC)COP(=O)([O-])OCC[N+](C)(C)C. The second-order valence-electron chi connectivity index (χ2n) is 27.3. The normalized spacial score (nSPS) is 14.3. The van der Waals surface area contributed by atoms with Gasteiger partial charge in [0, 0.05) is 12.8 Å². The Kier molecular flexibility index (Phi) is 76.1. The van der Waals surface area contributed by atoms with Crippen LogP contribution in [0, 0.1) is 0 Å². The molecule has 582 valence electrons. The summed E-state index contributed by atoms with van der Waals surface area (Å²) in [7, 11) is 1.12. The van der Waals surface area contributed by atoms with Gasteiger partial charge >= 0.3 is 11.9 Å². The fourth-order valence-electron chi connectivity index (χ4n) is 10.2. The molecule has 0 aliphatic carbocycles. The first-order chi connectivity index (χ1) is 51.0. The number of quaternary nitrogens is 1. The van der Waals surface area contributed by atoms with Crippen molar-refractivity contribution in [2.24, 2.45) is 0 Å². The van der Waals surface area contributed by atoms with E-state index in [2.05, 4.69) is 257 Å². The number of phosphoric acid groups is 1. The molecule has 0 saturated heterocycles. The Labute approximate surface area is 638 Å². The van der Waals surface area contributed by atoms with Crippen molar-refractivity contribution in [1.29, 1.82) is 0 Å². The minimum absolute atomic E-state index is 0.0481. The fraction of sp³-hybridized carbons (Fsp3) is 0.553. The topological polar surface area (TPSA) is 111 Å². The molecular weight excluding hydrogens is 1300 g/mol. The van der Waals surface area contributed by atoms with Crippen LogP contribution in [-0.4, -0.2) is 70.0 Å². The Morgan fingerprint density at radius 2 is 0.519 bits per heavy atom. The maximum Gasteiger partial charge on any atom is 0.306 e. The van der Waals surface area contributed by atoms with Crippen molar-refractivity contribution >= 4 is 19.8 Å². The molecular formula is C94H148NO8P. The van der Waals surface area contributed by atoms with Crippen LogP contribution in [0.3, 0.4) is 0 Å². The summed E-state index contributed by atoms with van der Waals surface area (Å²) in [5.41, 5.74) is 0. The van der Waals surface area contributed by atoms with Gasteiger partial charge in [0.25, 0.3) is 7.82 Å². The summed E-state index contributed by atoms with van der Waals surface area (Å²) in [5, 5.41) is 0. The van der Waals surface area contributed by atoms with E-state index >= 15 is 0 Å². The molecule has 9 nitrogen and oxygen atoms in total. The average Bonchev–Trinajstić information content (AvgIpc) is 0.920. The van der Waals surface area contributed by atoms with Crippen LogP contribution < -0.4 is 4.89 Å². The second-order valence-corrected chi connectivity index (χ2v) is 28.7. The average molecular weight is 1450 g/mol. The van der Waals surface area contributed by atoms with Crippen LogP contribution in [0.25, 0.3) is 0 Å². The number of rotatable bonds is 72. The number of carbonyl (C=O) groups is 2. The van der Waals surface area contributed by atoms with Crippen LogP contribution >= 0.6 is 7.82 Å². The number of ether oxygens (including phenoxy) is 2. The molecule has 2 atom stereocenters. The minimum atomic E-state index is -4.67. The summed E-state index contributed by atoms with van der Waals surface area (Å²) in [6.07, 6.45) is 131. The van der Waals surface area contributed by atoms with Crippen LogP contribution in [0.4, 0.5) is 0 Å². The van der Waals surface area contributed by atoms with E-state index in [1.807, 2.05) is 21.1 Å². The highest BCUT2D eigenvalue weighted by molar-refractivity contribution is 7.45. The number of hydrogen-bond donors (Lipinski definition) is 0. The number of unbranched alkanes of at least 4 members (excludes halogenated alkanes) is 18. The van der Waals surface area contributed by atoms with Gasteiger partial charge in [-0.15, -0.1) is 0 Å². The van der Waals surface area contributed by atoms with E-state index in [0.29, 0.717) is 23.9 Å². The molecule has 0 radical (unpaired) electrons. The number of phosphoric ester groups is 1. The summed E-state index contributed by atoms with van der Waals surface area (Å²) in [5.74, 6) is -0.876. The molecule has 0 saturated carbocycles. The van der Waals surface area contributed by atoms with Crippen LogP contribution in [0.15, 0.2) is 243 Å². The van der Waals surface area contributed by atoms with Gasteiger partial charge in [-0.3, -0.25) is 14.2 Å². The maximum atomic E-state index is 12.9. The first-order valence-corrected chi connectivity index (χ1v) is 42.2. The van der Waals surface area contributed by atoms with Crippen molar-refractivity contribution in [3.63, 3.8) is 0 Å². The highest BCUT2D eigenvalue weighted by Crippen LogP contribution is 2.38. The zero-order valence-electron chi connectivity index (χ0n) is 66.4. The lowest BCUT2D eigenvalue weighted by molar-refractivity contribution is -0.870. The molecule has 104 heavy (non-hydrogen) atoms. The van der Waals surface area contributed by atoms with Gasteiger partial charge in [-0.2, -0.15) is 0 Å². The third-order valence-corrected chi connectivity index (χ3v) is 17.3. The van der Waals surface area contributed by atoms with E-state index in [9.17, 15) is 19.0 Å². The van der Waals surface area contributed by atoms with Crippen LogP contribution in [0.2, 0.25) is 0 Å². The van der Waals surface area contributed by atoms with Crippen LogP contribution in [0.1, 0.15) is 284 Å². The Balaban J connectivity index is 4.13. The lowest BCUT2D eigenvalue weighted by atomic mass is 10.0. The van der Waals surface area contributed by atoms with Crippen LogP contribution in [0.5, 0.6) is 0 Å². The summed E-state index contributed by atoms with van der Waals surface area (Å²) >= 11 is 0. The monoisotopic (exact) mass is 1450 g/mol. The van der Waals surface area contributed by atoms with Gasteiger partial charge in [0.05, 0.1) is 27.7 Å². The highest BCUT2D eigenvalue weighted by atomic mass is 31.2. The Hall–Kier alpha value is -6.19. The molecule has 0 rings (SSSR count). The van der Waals surface area contributed by atoms with E-state index in [-0.39, 0.29) is 26.1 Å². The largest absolute Gasteiger partial charge is 0.756 e. The number of hydrogen-bond acceptors (Lipinski definition) is 8. The fourth-order valence-corrected chi connectivity index (χ4v) is 11.0. The van der Waals surface area contributed by atoms with Crippen molar-refractivity contribution in [3.05, 3.63) is 243 Å². The molecule has 0 spiro atoms. The zero-order valence-corrected chi connectivity index (χ0v) is 67.3. The molecule has 10 heteroatoms. The Bertz CT molecular complexity index is 2670. The maximum absolute atomic E-state index is 12.9. The van der Waals surface area contributed by atoms with Gasteiger partial charge in [0.2, 0.25) is 0 Å². The molecule has 0 aromatic carbocycles. The lowest BCUT2D eigenvalue weighted by Crippen LogP contribution is -2.37. The Morgan fingerprint density at radius 1 is 0.298 bits per heavy atom. The second kappa shape index (κ2) is 80.9. The zero-order chi connectivity index (χ0) is 75.4. The van der Waals surface area contributed by atoms with E-state index < -0.39 is 32.5 Å². The van der Waals surface area contributed by atoms with Crippen LogP contribution in [-0.2, 0) is 32.7 Å². The molecule has 0 aliphatic rings. The van der Waals surface area contributed by atoms with Gasteiger partial charge in [-0.05, 0) is 167 Å². The molecule has 0 heterocycles. The molecule has 0 bridgehead atoms. The number of likely N-dealkylation sites (N-methyl/N-ethyl adjacent to an activating group) is 1. The molecule has 0 aromatic heterocycles. The van der Waals surface area contributed by atoms with Crippen molar-refractivity contribution in [2.75, 3.05) is 47.5 Å². The summed E-state index contributed by atoms with van der Waals surface area (Å²) in [6, 6.07) is 0. The first kappa shape index (κ1) is 97.8. The predicted octanol–water partition coefficient (Wildman–Crippen LogP) is 27.2. The molecule has 0 aromatic rings. The minimum Gasteiger partial charge on any atom is -0.756 e. The number of esters is 2. The number of allylic oxidation sites excluding steroid dienone is 40. The molecule has 2 unspecified atom stereocenters. The summed E-state index contributed by atoms with van der Waals surface area (Å²) in [4.78, 5) is 38.2. The van der Waals surface area contributed by atoms with Crippen molar-refractivity contribution in [3.8, 4) is 0 Å². The molecule has 0 amide bonds. The van der Waals surface area contributed by atoms with E-state index in [4.69, 9.17) is 18.5 Å². The Morgan fingerprint density at radius 3 is 0.769 bits per heavy atom. The first-order valence-electron chi connectivity index (χ1n) is 40.7. The van der Waals surface area contributed by atoms with E-state index in [0.717, 1.165) is 173 Å². The summed E-state index contributed by atoms with van der Waals surface area (Å²) in [6.45, 7) is 3.96. The number of nitrogens with zero attached hydrogens (tertiary/aromatic N) is 1. The quantitative estimate of drug-likeness (QED) is 0.0195. The smallest absolute Gasteiger partial charge is 0.306 e. The van der Waals surface area contributed by atoms with Gasteiger partial charge in [-0.1, -0.05) is 347 Å². The number of carbonyl (C=O) groups excluding carboxylic acids is 2. The van der Waals surface area contributed by atoms with Crippen molar-refractivity contribution in [2.45, 2.75) is 290 Å². The highest BCUT2D eigenvalue weighted by Gasteiger charge is 2.22. The van der Waals surface area contributed by atoms with Gasteiger partial charge < -0.3 is 27.9 Å². The van der Waals surface area contributed by atoms with Crippen molar-refractivity contribution < 1.29 is 42.1 Å². The van der Waals surface area contributed by atoms with Gasteiger partial charge in [0.1, 0.15) is 19.8 Å². The third-order valence-electron chi connectivity index (χ3n) is 16.4. The van der Waals surface area contributed by atoms with Crippen molar-refractivity contribution in [1.82, 2.24) is 0 Å². The molecule has 0 N–H and O–H groups in total. The lowest BCUT2D eigenvalue weighted by Gasteiger charge is -2.28. The van der Waals surface area contributed by atoms with Gasteiger partial charge in [0.15, 0.2) is 6.10 Å². The van der Waals surface area contributed by atoms with E-state index in [1.165, 1.54) is 70.6 Å². The standard InChI is InChI=1S/C94H148NO8P/c1-6-8-10-12-14-16-18-20-22-24-26-28-30-32-34-36-38-40-42-44-46-47-49-51-53-55-57-59-61-63-65-67-69-71-73-75-77-79-81-83-85-87-94(97)103-92(91-102-104(98,99)101-89-88-95(3,4)5)90-100-93(96)86-84-82-80-78-76-74-72-70-68-66-64-62-60-58-56-54-52-50-48-45-43-41-39-37-35-33-31-29-27-25-23-21-19-17-15-13-11-9-7-2/h8-11,14-17,20-23,26-29,32-35,38-41,44-46,48-49,51-52,54-55,57,61,63,67,69,73,75,92H,6-7,12-13,18-19,24-25,30-31,36-37,42-43,47,50,53,56,58-60,62,64-66,68,70-72,74,76-91H2,1-5H3/b10-8-,11-9-,16-14-,17-15-,22-20-,23-21-,28-26-,29-27-,34-32-,35-33-,40-38-,41-39-,46-44-,48-45-,51-49-,54-52-,57-55-,63-61-,69-67-,75-73-. The van der Waals surface area contributed by atoms with Gasteiger partial charge in [-0.25, -0.2) is 0 Å². The molecule has 0 aliphatic heterocycles. The summed E-state index contributed by atoms with van der Waals surface area (Å²) < 4.78 is 34.4. The van der Waals surface area contributed by atoms with E-state index in [1.54, 1.807) is 0 Å². The third kappa shape index (κ3) is 84.7.